The van der Waals surface area contributed by atoms with Crippen molar-refractivity contribution in [1.29, 1.82) is 0 Å². The van der Waals surface area contributed by atoms with Gasteiger partial charge >= 0.3 is 0 Å². The molecule has 2 nitrogen and oxygen atoms in total. The van der Waals surface area contributed by atoms with Gasteiger partial charge in [0.1, 0.15) is 0 Å². The minimum atomic E-state index is -1.67. The minimum absolute atomic E-state index is 0.250. The number of rotatable bonds is 7. The Balaban J connectivity index is 4.22. The molecule has 0 aromatic rings. The smallest absolute Gasteiger partial charge is 0.192 e. The van der Waals surface area contributed by atoms with Crippen LogP contribution in [-0.4, -0.2) is 29.8 Å². The molecule has 0 fully saturated rings. The van der Waals surface area contributed by atoms with Crippen LogP contribution in [0.4, 0.5) is 0 Å². The molecule has 0 aromatic heterocycles. The third-order valence-corrected chi connectivity index (χ3v) is 12.6. The Hall–Kier alpha value is 0.0938. The largest absolute Gasteiger partial charge is 0.413 e. The Morgan fingerprint density at radius 1 is 1.00 bits per heavy atom. The first-order valence-corrected chi connectivity index (χ1v) is 13.1. The van der Waals surface area contributed by atoms with Crippen molar-refractivity contribution in [2.45, 2.75) is 71.4 Å². The monoisotopic (exact) mass is 302 g/mol. The van der Waals surface area contributed by atoms with Gasteiger partial charge in [0.15, 0.2) is 16.6 Å². The second-order valence-corrected chi connectivity index (χ2v) is 17.3. The minimum Gasteiger partial charge on any atom is -0.413 e. The van der Waals surface area contributed by atoms with Crippen molar-refractivity contribution < 1.29 is 8.85 Å². The predicted octanol–water partition coefficient (Wildman–Crippen LogP) is 5.20. The van der Waals surface area contributed by atoms with Gasteiger partial charge in [-0.3, -0.25) is 0 Å². The average Bonchev–Trinajstić information content (AvgIpc) is 2.22. The summed E-state index contributed by atoms with van der Waals surface area (Å²) in [6.45, 7) is 25.7. The van der Waals surface area contributed by atoms with Gasteiger partial charge in [-0.1, -0.05) is 41.2 Å². The molecule has 0 rings (SSSR count). The topological polar surface area (TPSA) is 18.5 Å². The van der Waals surface area contributed by atoms with E-state index in [2.05, 4.69) is 67.4 Å². The Morgan fingerprint density at radius 2 is 1.42 bits per heavy atom. The van der Waals surface area contributed by atoms with Gasteiger partial charge in [-0.15, -0.1) is 0 Å². The van der Waals surface area contributed by atoms with Gasteiger partial charge in [0.05, 0.1) is 13.2 Å². The highest BCUT2D eigenvalue weighted by atomic mass is 28.4. The molecular weight excluding hydrogens is 268 g/mol. The lowest BCUT2D eigenvalue weighted by atomic mass is 10.2. The fourth-order valence-corrected chi connectivity index (χ4v) is 2.90. The van der Waals surface area contributed by atoms with Crippen LogP contribution >= 0.6 is 0 Å². The summed E-state index contributed by atoms with van der Waals surface area (Å²) in [6, 6.07) is 0. The SMILES string of the molecule is C=C(CO[Si](C)(C)C(C)C)CO[Si](C)(C)C(C)(C)C. The van der Waals surface area contributed by atoms with Crippen molar-refractivity contribution in [3.05, 3.63) is 12.2 Å². The molecule has 19 heavy (non-hydrogen) atoms. The van der Waals surface area contributed by atoms with Crippen LogP contribution in [0.5, 0.6) is 0 Å². The van der Waals surface area contributed by atoms with E-state index in [0.717, 1.165) is 5.57 Å². The summed E-state index contributed by atoms with van der Waals surface area (Å²) in [4.78, 5) is 0. The fourth-order valence-electron chi connectivity index (χ4n) is 0.995. The summed E-state index contributed by atoms with van der Waals surface area (Å²) in [5, 5.41) is 0.250. The summed E-state index contributed by atoms with van der Waals surface area (Å²) in [5.41, 5.74) is 1.69. The second-order valence-electron chi connectivity index (χ2n) is 7.85. The van der Waals surface area contributed by atoms with E-state index in [0.29, 0.717) is 18.8 Å². The molecule has 0 aliphatic rings. The maximum Gasteiger partial charge on any atom is 0.192 e. The van der Waals surface area contributed by atoms with Gasteiger partial charge in [0.2, 0.25) is 0 Å². The molecule has 0 amide bonds. The molecule has 0 aliphatic heterocycles. The molecule has 0 heterocycles. The first kappa shape index (κ1) is 19.1. The van der Waals surface area contributed by atoms with Crippen molar-refractivity contribution in [2.24, 2.45) is 0 Å². The van der Waals surface area contributed by atoms with E-state index < -0.39 is 16.6 Å². The first-order chi connectivity index (χ1) is 8.29. The highest BCUT2D eigenvalue weighted by Crippen LogP contribution is 2.36. The summed E-state index contributed by atoms with van der Waals surface area (Å²) in [7, 11) is -3.23. The van der Waals surface area contributed by atoms with Crippen molar-refractivity contribution in [1.82, 2.24) is 0 Å². The Labute approximate surface area is 122 Å². The molecule has 0 atom stereocenters. The van der Waals surface area contributed by atoms with Crippen molar-refractivity contribution in [3.8, 4) is 0 Å². The lowest BCUT2D eigenvalue weighted by Gasteiger charge is -2.36. The van der Waals surface area contributed by atoms with Gasteiger partial charge < -0.3 is 8.85 Å². The van der Waals surface area contributed by atoms with Crippen LogP contribution in [0.25, 0.3) is 0 Å². The van der Waals surface area contributed by atoms with E-state index in [4.69, 9.17) is 8.85 Å². The van der Waals surface area contributed by atoms with Gasteiger partial charge in [0.25, 0.3) is 0 Å². The van der Waals surface area contributed by atoms with E-state index in [-0.39, 0.29) is 5.04 Å². The summed E-state index contributed by atoms with van der Waals surface area (Å²) >= 11 is 0. The molecule has 0 bridgehead atoms. The lowest BCUT2D eigenvalue weighted by molar-refractivity contribution is 0.278. The highest BCUT2D eigenvalue weighted by Gasteiger charge is 2.37. The maximum absolute atomic E-state index is 6.16. The van der Waals surface area contributed by atoms with Gasteiger partial charge in [-0.05, 0) is 42.3 Å². The molecule has 0 aliphatic carbocycles. The highest BCUT2D eigenvalue weighted by molar-refractivity contribution is 6.74. The Bertz CT molecular complexity index is 302. The molecule has 0 unspecified atom stereocenters. The summed E-state index contributed by atoms with van der Waals surface area (Å²) in [5.74, 6) is 0. The van der Waals surface area contributed by atoms with Crippen LogP contribution in [0.1, 0.15) is 34.6 Å². The molecule has 114 valence electrons. The quantitative estimate of drug-likeness (QED) is 0.475. The average molecular weight is 303 g/mol. The van der Waals surface area contributed by atoms with Crippen LogP contribution in [0.2, 0.25) is 36.8 Å². The zero-order valence-corrected chi connectivity index (χ0v) is 16.5. The molecular formula is C15H34O2Si2. The van der Waals surface area contributed by atoms with Crippen LogP contribution in [0, 0.1) is 0 Å². The second kappa shape index (κ2) is 6.70. The van der Waals surface area contributed by atoms with E-state index in [9.17, 15) is 0 Å². The molecule has 0 radical (unpaired) electrons. The van der Waals surface area contributed by atoms with Crippen LogP contribution in [0.15, 0.2) is 12.2 Å². The molecule has 4 heteroatoms. The van der Waals surface area contributed by atoms with Crippen LogP contribution in [-0.2, 0) is 8.85 Å². The summed E-state index contributed by atoms with van der Waals surface area (Å²) in [6.07, 6.45) is 0. The zero-order valence-electron chi connectivity index (χ0n) is 14.5. The normalized spacial score (nSPS) is 14.0. The third-order valence-electron chi connectivity index (χ3n) is 4.48. The number of hydrogen-bond donors (Lipinski definition) is 0. The van der Waals surface area contributed by atoms with Crippen molar-refractivity contribution in [3.63, 3.8) is 0 Å². The maximum atomic E-state index is 6.16. The van der Waals surface area contributed by atoms with E-state index >= 15 is 0 Å². The molecule has 0 saturated carbocycles. The van der Waals surface area contributed by atoms with Crippen molar-refractivity contribution >= 4 is 16.6 Å². The Kier molecular flexibility index (Phi) is 6.73. The molecule has 0 spiro atoms. The predicted molar refractivity (Wildman–Crippen MR) is 90.8 cm³/mol. The number of hydrogen-bond acceptors (Lipinski definition) is 2. The summed E-state index contributed by atoms with van der Waals surface area (Å²) < 4.78 is 12.2. The molecule has 0 saturated heterocycles. The van der Waals surface area contributed by atoms with Crippen LogP contribution in [0.3, 0.4) is 0 Å². The van der Waals surface area contributed by atoms with Crippen molar-refractivity contribution in [2.75, 3.05) is 13.2 Å². The van der Waals surface area contributed by atoms with Gasteiger partial charge in [0, 0.05) is 0 Å². The van der Waals surface area contributed by atoms with E-state index in [1.165, 1.54) is 0 Å². The molecule has 0 aromatic carbocycles. The van der Waals surface area contributed by atoms with E-state index in [1.54, 1.807) is 0 Å². The molecule has 0 N–H and O–H groups in total. The zero-order chi connectivity index (χ0) is 15.5. The van der Waals surface area contributed by atoms with Gasteiger partial charge in [-0.25, -0.2) is 0 Å². The van der Waals surface area contributed by atoms with Crippen LogP contribution < -0.4 is 0 Å². The standard InChI is InChI=1S/C15H34O2Si2/c1-13(2)18(7,8)16-11-14(3)12-17-19(9,10)15(4,5)6/h13H,3,11-12H2,1-2,4-10H3. The Morgan fingerprint density at radius 3 is 1.79 bits per heavy atom. The fraction of sp³-hybridized carbons (Fsp3) is 0.867. The van der Waals surface area contributed by atoms with Gasteiger partial charge in [-0.2, -0.15) is 0 Å². The van der Waals surface area contributed by atoms with E-state index in [1.807, 2.05) is 0 Å². The first-order valence-electron chi connectivity index (χ1n) is 7.24. The lowest BCUT2D eigenvalue weighted by Crippen LogP contribution is -2.41. The third kappa shape index (κ3) is 6.38.